The molecule has 3 heterocycles. The number of fused-ring (bicyclic) bond motifs is 1. The summed E-state index contributed by atoms with van der Waals surface area (Å²) in [4.78, 5) is 45.2. The fraction of sp³-hybridized carbons (Fsp3) is 0.333. The molecule has 4 aromatic rings. The van der Waals surface area contributed by atoms with Gasteiger partial charge in [0.25, 0.3) is 0 Å². The van der Waals surface area contributed by atoms with E-state index in [1.54, 1.807) is 0 Å². The third-order valence-corrected chi connectivity index (χ3v) is 10.3. The smallest absolute Gasteiger partial charge is 0.414 e. The number of carboxylic acid groups (broad SMARTS) is 4. The van der Waals surface area contributed by atoms with Crippen molar-refractivity contribution in [1.82, 2.24) is 9.80 Å². The molecule has 14 heteroatoms. The maximum atomic E-state index is 9.10. The van der Waals surface area contributed by atoms with Crippen molar-refractivity contribution >= 4 is 57.1 Å². The van der Waals surface area contributed by atoms with Gasteiger partial charge in [0.1, 0.15) is 24.7 Å². The Bertz CT molecular complexity index is 1670. The van der Waals surface area contributed by atoms with Crippen molar-refractivity contribution in [3.05, 3.63) is 72.8 Å². The summed E-state index contributed by atoms with van der Waals surface area (Å²) in [6.45, 7) is 8.39. The maximum absolute atomic E-state index is 9.10. The number of thiophene rings is 1. The van der Waals surface area contributed by atoms with E-state index in [1.807, 2.05) is 23.1 Å². The van der Waals surface area contributed by atoms with Crippen LogP contribution in [-0.2, 0) is 19.2 Å². The van der Waals surface area contributed by atoms with Crippen LogP contribution in [0.4, 0.5) is 0 Å². The molecular weight excluding hydrogens is 685 g/mol. The van der Waals surface area contributed by atoms with Crippen LogP contribution < -0.4 is 9.47 Å². The molecule has 0 atom stereocenters. The van der Waals surface area contributed by atoms with Gasteiger partial charge in [0, 0.05) is 37.8 Å². The Kier molecular flexibility index (Phi) is 14.9. The van der Waals surface area contributed by atoms with E-state index in [-0.39, 0.29) is 0 Å². The highest BCUT2D eigenvalue weighted by Gasteiger charge is 2.16. The zero-order chi connectivity index (χ0) is 35.9. The maximum Gasteiger partial charge on any atom is 0.414 e. The van der Waals surface area contributed by atoms with E-state index in [0.29, 0.717) is 0 Å². The first-order chi connectivity index (χ1) is 24.1. The molecule has 0 spiro atoms. The number of ether oxygens (including phenoxy) is 2. The van der Waals surface area contributed by atoms with E-state index in [9.17, 15) is 0 Å². The molecule has 266 valence electrons. The second-order valence-corrected chi connectivity index (χ2v) is 13.5. The van der Waals surface area contributed by atoms with Crippen molar-refractivity contribution in [1.29, 1.82) is 0 Å². The molecule has 6 rings (SSSR count). The van der Waals surface area contributed by atoms with Crippen LogP contribution in [0.3, 0.4) is 0 Å². The monoisotopic (exact) mass is 724 g/mol. The standard InChI is InChI=1S/C32H36N2O2S2.2C2H2O4/c1-2-8-30-29(7-1)32(37-28-15-13-27(14-16-28)36-24-22-34-19-5-6-20-34)31(38-30)25-9-11-26(12-10-25)35-23-21-33-17-3-4-18-33;2*3-1(4)2(5)6/h1-2,7-16H,3-6,17-24H2;2*(H,3,4)(H,5,6). The predicted molar refractivity (Wildman–Crippen MR) is 191 cm³/mol. The van der Waals surface area contributed by atoms with Crippen LogP contribution in [-0.4, -0.2) is 107 Å². The number of likely N-dealkylation sites (tertiary alicyclic amines) is 2. The fourth-order valence-electron chi connectivity index (χ4n) is 5.34. The first-order valence-electron chi connectivity index (χ1n) is 16.1. The van der Waals surface area contributed by atoms with Crippen LogP contribution in [0.5, 0.6) is 11.5 Å². The number of nitrogens with zero attached hydrogens (tertiary/aromatic N) is 2. The van der Waals surface area contributed by atoms with E-state index in [0.717, 1.165) is 37.8 Å². The summed E-state index contributed by atoms with van der Waals surface area (Å²) in [6, 6.07) is 26.0. The number of hydrogen-bond donors (Lipinski definition) is 4. The Labute approximate surface area is 297 Å². The van der Waals surface area contributed by atoms with E-state index in [4.69, 9.17) is 49.1 Å². The van der Waals surface area contributed by atoms with Gasteiger partial charge in [-0.15, -0.1) is 11.3 Å². The highest BCUT2D eigenvalue weighted by atomic mass is 32.2. The number of hydrogen-bond acceptors (Lipinski definition) is 10. The van der Waals surface area contributed by atoms with Crippen molar-refractivity contribution in [2.75, 3.05) is 52.5 Å². The molecule has 0 saturated carbocycles. The third kappa shape index (κ3) is 12.1. The Morgan fingerprint density at radius 1 is 0.620 bits per heavy atom. The van der Waals surface area contributed by atoms with Gasteiger partial charge in [-0.3, -0.25) is 9.80 Å². The van der Waals surface area contributed by atoms with Gasteiger partial charge in [-0.1, -0.05) is 30.0 Å². The number of rotatable bonds is 11. The molecule has 2 saturated heterocycles. The molecule has 2 aliphatic heterocycles. The molecule has 1 aromatic heterocycles. The van der Waals surface area contributed by atoms with Gasteiger partial charge >= 0.3 is 23.9 Å². The van der Waals surface area contributed by atoms with Crippen molar-refractivity contribution in [3.8, 4) is 21.9 Å². The molecule has 4 N–H and O–H groups in total. The number of carboxylic acids is 4. The molecule has 0 bridgehead atoms. The zero-order valence-corrected chi connectivity index (χ0v) is 29.0. The molecular formula is C36H40N2O10S2. The summed E-state index contributed by atoms with van der Waals surface area (Å²) >= 11 is 3.71. The van der Waals surface area contributed by atoms with E-state index in [2.05, 4.69) is 82.6 Å². The lowest BCUT2D eigenvalue weighted by atomic mass is 10.1. The van der Waals surface area contributed by atoms with Crippen molar-refractivity contribution < 1.29 is 49.1 Å². The summed E-state index contributed by atoms with van der Waals surface area (Å²) in [6.07, 6.45) is 5.28. The molecule has 0 radical (unpaired) electrons. The number of aliphatic carboxylic acids is 4. The van der Waals surface area contributed by atoms with Crippen molar-refractivity contribution in [3.63, 3.8) is 0 Å². The Hall–Kier alpha value is -4.63. The van der Waals surface area contributed by atoms with Gasteiger partial charge in [-0.2, -0.15) is 0 Å². The summed E-state index contributed by atoms with van der Waals surface area (Å²) in [5, 5.41) is 30.9. The van der Waals surface area contributed by atoms with Crippen LogP contribution >= 0.6 is 23.1 Å². The van der Waals surface area contributed by atoms with Crippen LogP contribution in [0, 0.1) is 0 Å². The van der Waals surface area contributed by atoms with Crippen LogP contribution in [0.1, 0.15) is 25.7 Å². The molecule has 2 fully saturated rings. The summed E-state index contributed by atoms with van der Waals surface area (Å²) in [5.41, 5.74) is 1.24. The third-order valence-electron chi connectivity index (χ3n) is 7.83. The quantitative estimate of drug-likeness (QED) is 0.133. The van der Waals surface area contributed by atoms with Gasteiger partial charge in [-0.25, -0.2) is 19.2 Å². The predicted octanol–water partition coefficient (Wildman–Crippen LogP) is 5.98. The minimum Gasteiger partial charge on any atom is -0.492 e. The van der Waals surface area contributed by atoms with Crippen molar-refractivity contribution in [2.24, 2.45) is 0 Å². The minimum absolute atomic E-state index is 0.751. The molecule has 0 aliphatic carbocycles. The largest absolute Gasteiger partial charge is 0.492 e. The highest BCUT2D eigenvalue weighted by Crippen LogP contribution is 2.47. The topological polar surface area (TPSA) is 174 Å². The first-order valence-corrected chi connectivity index (χ1v) is 17.8. The Morgan fingerprint density at radius 2 is 1.06 bits per heavy atom. The average Bonchev–Trinajstić information content (AvgIpc) is 3.89. The van der Waals surface area contributed by atoms with Gasteiger partial charge in [-0.05, 0) is 112 Å². The van der Waals surface area contributed by atoms with Gasteiger partial charge in [0.05, 0.1) is 0 Å². The SMILES string of the molecule is O=C(O)C(=O)O.O=C(O)C(=O)O.c1ccc2c(Sc3ccc(OCCN4CCCC4)cc3)c(-c3ccc(OCCN4CCCC4)cc3)sc2c1. The molecule has 2 aliphatic rings. The normalized spacial score (nSPS) is 14.2. The highest BCUT2D eigenvalue weighted by molar-refractivity contribution is 8.00. The summed E-state index contributed by atoms with van der Waals surface area (Å²) in [7, 11) is 0. The fourth-order valence-corrected chi connectivity index (χ4v) is 7.76. The van der Waals surface area contributed by atoms with Gasteiger partial charge < -0.3 is 29.9 Å². The minimum atomic E-state index is -1.82. The Morgan fingerprint density at radius 3 is 1.52 bits per heavy atom. The van der Waals surface area contributed by atoms with Crippen LogP contribution in [0.15, 0.2) is 82.6 Å². The van der Waals surface area contributed by atoms with Crippen LogP contribution in [0.2, 0.25) is 0 Å². The second-order valence-electron chi connectivity index (χ2n) is 11.4. The number of carbonyl (C=O) groups is 4. The Balaban J connectivity index is 0.000000404. The average molecular weight is 725 g/mol. The lowest BCUT2D eigenvalue weighted by molar-refractivity contribution is -0.159. The first kappa shape index (κ1) is 38.2. The second kappa shape index (κ2) is 19.5. The van der Waals surface area contributed by atoms with E-state index < -0.39 is 23.9 Å². The van der Waals surface area contributed by atoms with E-state index >= 15 is 0 Å². The lowest BCUT2D eigenvalue weighted by Crippen LogP contribution is -2.25. The summed E-state index contributed by atoms with van der Waals surface area (Å²) in [5.74, 6) is -5.40. The molecule has 3 aromatic carbocycles. The zero-order valence-electron chi connectivity index (χ0n) is 27.4. The number of benzene rings is 3. The molecule has 0 amide bonds. The molecule has 12 nitrogen and oxygen atoms in total. The van der Waals surface area contributed by atoms with Crippen molar-refractivity contribution in [2.45, 2.75) is 35.5 Å². The van der Waals surface area contributed by atoms with Gasteiger partial charge in [0.2, 0.25) is 0 Å². The van der Waals surface area contributed by atoms with Crippen LogP contribution in [0.25, 0.3) is 20.5 Å². The molecule has 50 heavy (non-hydrogen) atoms. The lowest BCUT2D eigenvalue weighted by Gasteiger charge is -2.15. The van der Waals surface area contributed by atoms with Gasteiger partial charge in [0.15, 0.2) is 0 Å². The summed E-state index contributed by atoms with van der Waals surface area (Å²) < 4.78 is 13.4. The van der Waals surface area contributed by atoms with E-state index in [1.165, 1.54) is 82.2 Å². The molecule has 0 unspecified atom stereocenters.